The molecule has 0 saturated heterocycles. The third kappa shape index (κ3) is 4.11. The first-order valence-electron chi connectivity index (χ1n) is 9.57. The highest BCUT2D eigenvalue weighted by Crippen LogP contribution is 2.27. The number of rotatable bonds is 6. The lowest BCUT2D eigenvalue weighted by molar-refractivity contribution is 0.0595. The van der Waals surface area contributed by atoms with E-state index in [1.807, 2.05) is 18.2 Å². The van der Waals surface area contributed by atoms with Crippen molar-refractivity contribution in [2.75, 3.05) is 14.2 Å². The molecule has 0 radical (unpaired) electrons. The van der Waals surface area contributed by atoms with E-state index in [9.17, 15) is 9.59 Å². The Kier molecular flexibility index (Phi) is 5.66. The van der Waals surface area contributed by atoms with Gasteiger partial charge in [0.25, 0.3) is 5.56 Å². The molecule has 7 nitrogen and oxygen atoms in total. The average Bonchev–Trinajstić information content (AvgIpc) is 2.82. The maximum absolute atomic E-state index is 12.4. The van der Waals surface area contributed by atoms with Gasteiger partial charge in [-0.3, -0.25) is 4.79 Å². The Balaban J connectivity index is 1.68. The molecule has 0 amide bonds. The molecule has 0 spiro atoms. The molecule has 0 fully saturated rings. The maximum atomic E-state index is 12.4. The molecule has 0 aliphatic carbocycles. The molecular formula is C24H20N2O5. The average molecular weight is 416 g/mol. The zero-order valence-corrected chi connectivity index (χ0v) is 17.0. The molecular weight excluding hydrogens is 396 g/mol. The molecule has 0 aliphatic rings. The van der Waals surface area contributed by atoms with Crippen LogP contribution in [0.1, 0.15) is 15.9 Å². The van der Waals surface area contributed by atoms with E-state index in [2.05, 4.69) is 9.97 Å². The van der Waals surface area contributed by atoms with Crippen LogP contribution in [-0.4, -0.2) is 30.2 Å². The van der Waals surface area contributed by atoms with Crippen LogP contribution in [0.25, 0.3) is 22.3 Å². The first-order valence-corrected chi connectivity index (χ1v) is 9.57. The number of ether oxygens (including phenoxy) is 3. The van der Waals surface area contributed by atoms with Crippen LogP contribution in [-0.2, 0) is 11.3 Å². The number of hydrogen-bond acceptors (Lipinski definition) is 6. The SMILES string of the molecule is COC(=O)c1ccccc1OCc1cc(-c2nc3ccccc3c(=O)[nH]2)ccc1OC. The third-order valence-corrected chi connectivity index (χ3v) is 4.84. The van der Waals surface area contributed by atoms with Crippen LogP contribution in [0, 0.1) is 0 Å². The lowest BCUT2D eigenvalue weighted by Crippen LogP contribution is -2.10. The predicted octanol–water partition coefficient (Wildman–Crippen LogP) is 3.96. The number of hydrogen-bond donors (Lipinski definition) is 1. The molecule has 0 atom stereocenters. The minimum absolute atomic E-state index is 0.142. The number of carbonyl (C=O) groups excluding carboxylic acids is 1. The highest BCUT2D eigenvalue weighted by atomic mass is 16.5. The van der Waals surface area contributed by atoms with Crippen LogP contribution in [0.3, 0.4) is 0 Å². The van der Waals surface area contributed by atoms with Gasteiger partial charge in [0, 0.05) is 11.1 Å². The van der Waals surface area contributed by atoms with Gasteiger partial charge in [-0.05, 0) is 42.5 Å². The van der Waals surface area contributed by atoms with Crippen molar-refractivity contribution in [3.63, 3.8) is 0 Å². The van der Waals surface area contributed by atoms with Gasteiger partial charge < -0.3 is 19.2 Å². The summed E-state index contributed by atoms with van der Waals surface area (Å²) in [6, 6.07) is 19.5. The fourth-order valence-corrected chi connectivity index (χ4v) is 3.29. The number of esters is 1. The van der Waals surface area contributed by atoms with Crippen molar-refractivity contribution < 1.29 is 19.0 Å². The summed E-state index contributed by atoms with van der Waals surface area (Å²) in [7, 11) is 2.89. The Morgan fingerprint density at radius 1 is 0.968 bits per heavy atom. The van der Waals surface area contributed by atoms with Crippen molar-refractivity contribution in [2.24, 2.45) is 0 Å². The van der Waals surface area contributed by atoms with Gasteiger partial charge in [0.1, 0.15) is 29.5 Å². The van der Waals surface area contributed by atoms with Gasteiger partial charge in [0.2, 0.25) is 0 Å². The van der Waals surface area contributed by atoms with E-state index < -0.39 is 5.97 Å². The monoisotopic (exact) mass is 416 g/mol. The number of nitrogens with one attached hydrogen (secondary N) is 1. The lowest BCUT2D eigenvalue weighted by Gasteiger charge is -2.14. The summed E-state index contributed by atoms with van der Waals surface area (Å²) in [6.45, 7) is 0.142. The number of para-hydroxylation sites is 2. The molecule has 31 heavy (non-hydrogen) atoms. The van der Waals surface area contributed by atoms with Crippen molar-refractivity contribution >= 4 is 16.9 Å². The largest absolute Gasteiger partial charge is 0.496 e. The van der Waals surface area contributed by atoms with Crippen LogP contribution >= 0.6 is 0 Å². The van der Waals surface area contributed by atoms with Crippen molar-refractivity contribution in [1.29, 1.82) is 0 Å². The minimum atomic E-state index is -0.478. The second kappa shape index (κ2) is 8.71. The molecule has 0 aliphatic heterocycles. The fourth-order valence-electron chi connectivity index (χ4n) is 3.29. The van der Waals surface area contributed by atoms with Crippen molar-refractivity contribution in [2.45, 2.75) is 6.61 Å². The Morgan fingerprint density at radius 3 is 2.55 bits per heavy atom. The quantitative estimate of drug-likeness (QED) is 0.479. The minimum Gasteiger partial charge on any atom is -0.496 e. The second-order valence-electron chi connectivity index (χ2n) is 6.73. The zero-order chi connectivity index (χ0) is 21.8. The molecule has 0 bridgehead atoms. The normalized spacial score (nSPS) is 10.6. The second-order valence-corrected chi connectivity index (χ2v) is 6.73. The number of H-pyrrole nitrogens is 1. The molecule has 0 saturated carbocycles. The highest BCUT2D eigenvalue weighted by Gasteiger charge is 2.14. The van der Waals surface area contributed by atoms with E-state index in [0.29, 0.717) is 39.4 Å². The maximum Gasteiger partial charge on any atom is 0.341 e. The van der Waals surface area contributed by atoms with Gasteiger partial charge in [-0.1, -0.05) is 24.3 Å². The number of benzene rings is 3. The molecule has 1 aromatic heterocycles. The molecule has 4 aromatic rings. The Labute approximate surface area is 178 Å². The van der Waals surface area contributed by atoms with Gasteiger partial charge >= 0.3 is 5.97 Å². The van der Waals surface area contributed by atoms with Crippen molar-refractivity contribution in [1.82, 2.24) is 9.97 Å². The highest BCUT2D eigenvalue weighted by molar-refractivity contribution is 5.92. The number of fused-ring (bicyclic) bond motifs is 1. The van der Waals surface area contributed by atoms with Crippen LogP contribution in [0.2, 0.25) is 0 Å². The lowest BCUT2D eigenvalue weighted by atomic mass is 10.1. The molecule has 3 aromatic carbocycles. The van der Waals surface area contributed by atoms with E-state index in [0.717, 1.165) is 5.56 Å². The van der Waals surface area contributed by atoms with E-state index in [4.69, 9.17) is 14.2 Å². The van der Waals surface area contributed by atoms with Crippen molar-refractivity contribution in [3.8, 4) is 22.9 Å². The number of methoxy groups -OCH3 is 2. The Morgan fingerprint density at radius 2 is 1.74 bits per heavy atom. The fraction of sp³-hybridized carbons (Fsp3) is 0.125. The summed E-state index contributed by atoms with van der Waals surface area (Å²) in [5.41, 5.74) is 2.18. The molecule has 0 unspecified atom stereocenters. The van der Waals surface area contributed by atoms with Gasteiger partial charge in [0.05, 0.1) is 25.1 Å². The van der Waals surface area contributed by atoms with E-state index in [1.165, 1.54) is 7.11 Å². The molecule has 1 heterocycles. The van der Waals surface area contributed by atoms with Gasteiger partial charge in [-0.25, -0.2) is 9.78 Å². The predicted molar refractivity (Wildman–Crippen MR) is 116 cm³/mol. The Hall–Kier alpha value is -4.13. The van der Waals surface area contributed by atoms with Gasteiger partial charge in [0.15, 0.2) is 0 Å². The third-order valence-electron chi connectivity index (χ3n) is 4.84. The van der Waals surface area contributed by atoms with Crippen LogP contribution in [0.15, 0.2) is 71.5 Å². The topological polar surface area (TPSA) is 90.5 Å². The van der Waals surface area contributed by atoms with E-state index in [1.54, 1.807) is 55.6 Å². The van der Waals surface area contributed by atoms with Gasteiger partial charge in [-0.15, -0.1) is 0 Å². The van der Waals surface area contributed by atoms with Gasteiger partial charge in [-0.2, -0.15) is 0 Å². The number of nitrogens with zero attached hydrogens (tertiary/aromatic N) is 1. The molecule has 4 rings (SSSR count). The summed E-state index contributed by atoms with van der Waals surface area (Å²) in [6.07, 6.45) is 0. The summed E-state index contributed by atoms with van der Waals surface area (Å²) >= 11 is 0. The summed E-state index contributed by atoms with van der Waals surface area (Å²) in [5, 5.41) is 0.530. The van der Waals surface area contributed by atoms with Crippen molar-refractivity contribution in [3.05, 3.63) is 88.2 Å². The standard InChI is InChI=1S/C24H20N2O5/c1-29-20-12-11-15(22-25-19-9-5-3-7-17(19)23(27)26-22)13-16(20)14-31-21-10-6-4-8-18(21)24(28)30-2/h3-13H,14H2,1-2H3,(H,25,26,27). The smallest absolute Gasteiger partial charge is 0.341 e. The zero-order valence-electron chi connectivity index (χ0n) is 17.0. The molecule has 156 valence electrons. The summed E-state index contributed by atoms with van der Waals surface area (Å²) < 4.78 is 16.2. The number of aromatic amines is 1. The summed E-state index contributed by atoms with van der Waals surface area (Å²) in [5.74, 6) is 0.985. The number of aromatic nitrogens is 2. The van der Waals surface area contributed by atoms with Crippen LogP contribution in [0.5, 0.6) is 11.5 Å². The van der Waals surface area contributed by atoms with E-state index in [-0.39, 0.29) is 12.2 Å². The first kappa shape index (κ1) is 20.2. The molecule has 1 N–H and O–H groups in total. The number of carbonyl (C=O) groups is 1. The first-order chi connectivity index (χ1) is 15.1. The van der Waals surface area contributed by atoms with Crippen LogP contribution < -0.4 is 15.0 Å². The molecule has 7 heteroatoms. The van der Waals surface area contributed by atoms with E-state index >= 15 is 0 Å². The van der Waals surface area contributed by atoms with Crippen LogP contribution in [0.4, 0.5) is 0 Å². The Bertz CT molecular complexity index is 1310. The summed E-state index contributed by atoms with van der Waals surface area (Å²) in [4.78, 5) is 31.8.